The van der Waals surface area contributed by atoms with Gasteiger partial charge in [0, 0.05) is 20.4 Å². The summed E-state index contributed by atoms with van der Waals surface area (Å²) in [6, 6.07) is 13.7. The molecule has 0 spiro atoms. The van der Waals surface area contributed by atoms with E-state index in [2.05, 4.69) is 77.9 Å². The maximum atomic E-state index is 5.29. The summed E-state index contributed by atoms with van der Waals surface area (Å²) >= 11 is 0. The number of rotatable bonds is 15. The molecule has 0 N–H and O–H groups in total. The number of hydrogen-bond donors (Lipinski definition) is 0. The molecule has 35 heavy (non-hydrogen) atoms. The van der Waals surface area contributed by atoms with Crippen LogP contribution in [0.5, 0.6) is 0 Å². The molecule has 0 atom stereocenters. The van der Waals surface area contributed by atoms with Gasteiger partial charge in [-0.3, -0.25) is 9.98 Å². The van der Waals surface area contributed by atoms with Crippen LogP contribution in [-0.2, 0) is 46.1 Å². The molecular formula is C32H48N2Pd. The molecular weight excluding hydrogens is 519 g/mol. The van der Waals surface area contributed by atoms with Gasteiger partial charge in [-0.05, 0) is 97.9 Å². The van der Waals surface area contributed by atoms with Gasteiger partial charge in [0.1, 0.15) is 0 Å². The first kappa shape index (κ1) is 31.5. The largest absolute Gasteiger partial charge is 0.252 e. The predicted molar refractivity (Wildman–Crippen MR) is 153 cm³/mol. The zero-order valence-electron chi connectivity index (χ0n) is 23.2. The van der Waals surface area contributed by atoms with Crippen molar-refractivity contribution >= 4 is 22.8 Å². The van der Waals surface area contributed by atoms with Crippen LogP contribution in [0, 0.1) is 0 Å². The van der Waals surface area contributed by atoms with Crippen LogP contribution in [-0.4, -0.2) is 11.4 Å². The average Bonchev–Trinajstić information content (AvgIpc) is 2.87. The topological polar surface area (TPSA) is 24.7 Å². The van der Waals surface area contributed by atoms with Crippen molar-refractivity contribution in [3.63, 3.8) is 0 Å². The Hall–Kier alpha value is -1.56. The van der Waals surface area contributed by atoms with Crippen LogP contribution in [0.1, 0.15) is 115 Å². The fourth-order valence-corrected chi connectivity index (χ4v) is 4.34. The van der Waals surface area contributed by atoms with Crippen LogP contribution < -0.4 is 0 Å². The Morgan fingerprint density at radius 3 is 1.20 bits per heavy atom. The second-order valence-electron chi connectivity index (χ2n) is 9.46. The Morgan fingerprint density at radius 1 is 0.486 bits per heavy atom. The van der Waals surface area contributed by atoms with Crippen molar-refractivity contribution in [2.75, 3.05) is 0 Å². The standard InChI is InChI=1S/C32H48N2.Pd/c1-7-13-15-16-18-32(34-30-23-27(11-5)20-28(12-6)24-30)31(17-14-8-2)33-29-21-25(9-3)19-26(10-4)22-29;/h19-24H,7-18H2,1-6H3;. The minimum Gasteiger partial charge on any atom is -0.252 e. The molecule has 0 aliphatic rings. The number of nitrogens with zero attached hydrogens (tertiary/aromatic N) is 2. The Labute approximate surface area is 229 Å². The fraction of sp³-hybridized carbons (Fsp3) is 0.562. The third-order valence-corrected chi connectivity index (χ3v) is 6.60. The van der Waals surface area contributed by atoms with Crippen LogP contribution in [0.3, 0.4) is 0 Å². The van der Waals surface area contributed by atoms with Gasteiger partial charge in [0.2, 0.25) is 0 Å². The van der Waals surface area contributed by atoms with Crippen molar-refractivity contribution < 1.29 is 20.4 Å². The minimum atomic E-state index is 0. The summed E-state index contributed by atoms with van der Waals surface area (Å²) in [6.45, 7) is 13.5. The average molecular weight is 567 g/mol. The second kappa shape index (κ2) is 17.8. The molecule has 0 unspecified atom stereocenters. The van der Waals surface area contributed by atoms with E-state index in [1.54, 1.807) is 0 Å². The van der Waals surface area contributed by atoms with E-state index < -0.39 is 0 Å². The molecule has 0 saturated heterocycles. The molecule has 2 nitrogen and oxygen atoms in total. The van der Waals surface area contributed by atoms with Gasteiger partial charge in [-0.25, -0.2) is 0 Å². The monoisotopic (exact) mass is 566 g/mol. The summed E-state index contributed by atoms with van der Waals surface area (Å²) in [7, 11) is 0. The zero-order valence-corrected chi connectivity index (χ0v) is 24.7. The molecule has 0 amide bonds. The van der Waals surface area contributed by atoms with Crippen LogP contribution >= 0.6 is 0 Å². The first-order valence-corrected chi connectivity index (χ1v) is 14.0. The van der Waals surface area contributed by atoms with E-state index in [0.717, 1.165) is 56.3 Å². The Balaban J connectivity index is 0.00000612. The van der Waals surface area contributed by atoms with E-state index in [1.807, 2.05) is 0 Å². The number of aliphatic imine (C=N–C) groups is 2. The number of benzene rings is 2. The van der Waals surface area contributed by atoms with E-state index in [9.17, 15) is 0 Å². The fourth-order valence-electron chi connectivity index (χ4n) is 4.34. The maximum Gasteiger partial charge on any atom is 0.0639 e. The molecule has 0 aromatic heterocycles. The van der Waals surface area contributed by atoms with Crippen molar-refractivity contribution in [1.29, 1.82) is 0 Å². The summed E-state index contributed by atoms with van der Waals surface area (Å²) in [5, 5.41) is 0. The molecule has 3 heteroatoms. The summed E-state index contributed by atoms with van der Waals surface area (Å²) in [4.78, 5) is 10.6. The van der Waals surface area contributed by atoms with Gasteiger partial charge in [-0.15, -0.1) is 0 Å². The van der Waals surface area contributed by atoms with Gasteiger partial charge in [-0.2, -0.15) is 0 Å². The van der Waals surface area contributed by atoms with Crippen molar-refractivity contribution in [1.82, 2.24) is 0 Å². The Bertz CT molecular complexity index is 898. The zero-order chi connectivity index (χ0) is 24.8. The second-order valence-corrected chi connectivity index (χ2v) is 9.46. The molecule has 196 valence electrons. The quantitative estimate of drug-likeness (QED) is 0.116. The SMILES string of the molecule is CCCCCCC(=Nc1cc(CC)cc(CC)c1)C(CCCC)=Nc1cc(CC)cc(CC)c1.[Pd]. The summed E-state index contributed by atoms with van der Waals surface area (Å²) < 4.78 is 0. The van der Waals surface area contributed by atoms with Crippen LogP contribution in [0.25, 0.3) is 0 Å². The third kappa shape index (κ3) is 10.9. The van der Waals surface area contributed by atoms with E-state index >= 15 is 0 Å². The van der Waals surface area contributed by atoms with Gasteiger partial charge >= 0.3 is 0 Å². The summed E-state index contributed by atoms with van der Waals surface area (Å²) in [5.41, 5.74) is 10.1. The van der Waals surface area contributed by atoms with Gasteiger partial charge in [0.05, 0.1) is 22.8 Å². The predicted octanol–water partition coefficient (Wildman–Crippen LogP) is 9.94. The van der Waals surface area contributed by atoms with Crippen LogP contribution in [0.15, 0.2) is 46.4 Å². The summed E-state index contributed by atoms with van der Waals surface area (Å²) in [6.07, 6.45) is 13.5. The Morgan fingerprint density at radius 2 is 0.857 bits per heavy atom. The van der Waals surface area contributed by atoms with Crippen LogP contribution in [0.4, 0.5) is 11.4 Å². The molecule has 0 aliphatic carbocycles. The van der Waals surface area contributed by atoms with Crippen molar-refractivity contribution in [2.45, 2.75) is 119 Å². The number of unbranched alkanes of at least 4 members (excludes halogenated alkanes) is 4. The number of hydrogen-bond acceptors (Lipinski definition) is 2. The van der Waals surface area contributed by atoms with Crippen molar-refractivity contribution in [3.8, 4) is 0 Å². The maximum absolute atomic E-state index is 5.29. The first-order valence-electron chi connectivity index (χ1n) is 14.0. The van der Waals surface area contributed by atoms with Gasteiger partial charge in [0.15, 0.2) is 0 Å². The van der Waals surface area contributed by atoms with Gasteiger partial charge in [-0.1, -0.05) is 79.4 Å². The van der Waals surface area contributed by atoms with E-state index in [-0.39, 0.29) is 20.4 Å². The molecule has 2 aromatic rings. The molecule has 2 aromatic carbocycles. The van der Waals surface area contributed by atoms with Gasteiger partial charge in [0.25, 0.3) is 0 Å². The number of aryl methyl sites for hydroxylation is 4. The first-order chi connectivity index (χ1) is 16.6. The molecule has 0 heterocycles. The molecule has 0 bridgehead atoms. The minimum absolute atomic E-state index is 0. The Kier molecular flexibility index (Phi) is 16.0. The van der Waals surface area contributed by atoms with Crippen molar-refractivity contribution in [2.24, 2.45) is 9.98 Å². The molecule has 0 fully saturated rings. The van der Waals surface area contributed by atoms with Gasteiger partial charge < -0.3 is 0 Å². The van der Waals surface area contributed by atoms with Crippen LogP contribution in [0.2, 0.25) is 0 Å². The molecule has 2 rings (SSSR count). The molecule has 0 radical (unpaired) electrons. The van der Waals surface area contributed by atoms with E-state index in [4.69, 9.17) is 9.98 Å². The van der Waals surface area contributed by atoms with E-state index in [1.165, 1.54) is 65.8 Å². The smallest absolute Gasteiger partial charge is 0.0639 e. The summed E-state index contributed by atoms with van der Waals surface area (Å²) in [5.74, 6) is 0. The third-order valence-electron chi connectivity index (χ3n) is 6.60. The molecule has 0 saturated carbocycles. The molecule has 0 aliphatic heterocycles. The normalized spacial score (nSPS) is 12.1. The van der Waals surface area contributed by atoms with E-state index in [0.29, 0.717) is 0 Å². The van der Waals surface area contributed by atoms with Crippen molar-refractivity contribution in [3.05, 3.63) is 58.7 Å².